The Balaban J connectivity index is 2.22. The molecule has 0 unspecified atom stereocenters. The third-order valence-corrected chi connectivity index (χ3v) is 3.37. The standard InChI is InChI=1S/C14H20N2O2/c1-11-9-12(14(17)18)10-13(15-11)16-7-5-3-2-4-6-8-16/h9-10H,2-8H2,1H3,(H,17,18). The fourth-order valence-electron chi connectivity index (χ4n) is 2.41. The van der Waals surface area contributed by atoms with E-state index in [1.54, 1.807) is 12.1 Å². The molecule has 18 heavy (non-hydrogen) atoms. The number of carboxylic acids is 1. The van der Waals surface area contributed by atoms with Crippen LogP contribution in [0.2, 0.25) is 0 Å². The Kier molecular flexibility index (Phi) is 4.18. The van der Waals surface area contributed by atoms with Gasteiger partial charge in [0.25, 0.3) is 0 Å². The Morgan fingerprint density at radius 3 is 2.39 bits per heavy atom. The number of hydrogen-bond donors (Lipinski definition) is 1. The van der Waals surface area contributed by atoms with Crippen molar-refractivity contribution in [1.82, 2.24) is 4.98 Å². The Hall–Kier alpha value is -1.58. The van der Waals surface area contributed by atoms with Crippen LogP contribution >= 0.6 is 0 Å². The van der Waals surface area contributed by atoms with Crippen LogP contribution in [0.25, 0.3) is 0 Å². The average molecular weight is 248 g/mol. The fraction of sp³-hybridized carbons (Fsp3) is 0.571. The summed E-state index contributed by atoms with van der Waals surface area (Å²) in [5.41, 5.74) is 1.10. The summed E-state index contributed by atoms with van der Waals surface area (Å²) in [4.78, 5) is 17.8. The smallest absolute Gasteiger partial charge is 0.335 e. The highest BCUT2D eigenvalue weighted by molar-refractivity contribution is 5.88. The molecule has 0 aliphatic carbocycles. The molecule has 1 N–H and O–H groups in total. The van der Waals surface area contributed by atoms with E-state index < -0.39 is 5.97 Å². The first-order valence-electron chi connectivity index (χ1n) is 6.64. The van der Waals surface area contributed by atoms with Crippen molar-refractivity contribution in [1.29, 1.82) is 0 Å². The normalized spacial score (nSPS) is 17.1. The number of carboxylic acid groups (broad SMARTS) is 1. The molecule has 0 bridgehead atoms. The molecule has 1 aromatic heterocycles. The van der Waals surface area contributed by atoms with E-state index in [9.17, 15) is 4.79 Å². The third-order valence-electron chi connectivity index (χ3n) is 3.37. The molecule has 0 amide bonds. The summed E-state index contributed by atoms with van der Waals surface area (Å²) in [5.74, 6) is -0.0666. The molecule has 0 aromatic carbocycles. The van der Waals surface area contributed by atoms with Crippen molar-refractivity contribution < 1.29 is 9.90 Å². The van der Waals surface area contributed by atoms with Crippen LogP contribution in [0.15, 0.2) is 12.1 Å². The molecular formula is C14H20N2O2. The van der Waals surface area contributed by atoms with E-state index in [0.717, 1.165) is 37.4 Å². The number of aromatic nitrogens is 1. The lowest BCUT2D eigenvalue weighted by atomic mass is 10.1. The van der Waals surface area contributed by atoms with Gasteiger partial charge in [-0.1, -0.05) is 19.3 Å². The zero-order valence-corrected chi connectivity index (χ0v) is 10.9. The van der Waals surface area contributed by atoms with Crippen molar-refractivity contribution >= 4 is 11.8 Å². The molecule has 0 radical (unpaired) electrons. The Morgan fingerprint density at radius 1 is 1.17 bits per heavy atom. The summed E-state index contributed by atoms with van der Waals surface area (Å²) in [7, 11) is 0. The van der Waals surface area contributed by atoms with Crippen molar-refractivity contribution in [3.8, 4) is 0 Å². The number of aromatic carboxylic acids is 1. The summed E-state index contributed by atoms with van der Waals surface area (Å²) in [6.07, 6.45) is 6.16. The van der Waals surface area contributed by atoms with E-state index >= 15 is 0 Å². The molecular weight excluding hydrogens is 228 g/mol. The lowest BCUT2D eigenvalue weighted by molar-refractivity contribution is 0.0696. The van der Waals surface area contributed by atoms with Crippen LogP contribution in [0.1, 0.15) is 48.2 Å². The van der Waals surface area contributed by atoms with E-state index in [1.165, 1.54) is 19.3 Å². The van der Waals surface area contributed by atoms with Crippen molar-refractivity contribution in [2.45, 2.75) is 39.0 Å². The SMILES string of the molecule is Cc1cc(C(=O)O)cc(N2CCCCCCC2)n1. The molecule has 0 saturated carbocycles. The number of pyridine rings is 1. The number of aryl methyl sites for hydroxylation is 1. The zero-order valence-electron chi connectivity index (χ0n) is 10.9. The average Bonchev–Trinajstić information content (AvgIpc) is 2.27. The highest BCUT2D eigenvalue weighted by Gasteiger charge is 2.13. The van der Waals surface area contributed by atoms with Gasteiger partial charge >= 0.3 is 5.97 Å². The Bertz CT molecular complexity index is 424. The van der Waals surface area contributed by atoms with Gasteiger partial charge in [0.2, 0.25) is 0 Å². The second kappa shape index (κ2) is 5.85. The van der Waals surface area contributed by atoms with Crippen LogP contribution in [-0.2, 0) is 0 Å². The lowest BCUT2D eigenvalue weighted by Crippen LogP contribution is -2.28. The minimum Gasteiger partial charge on any atom is -0.478 e. The molecule has 0 atom stereocenters. The number of anilines is 1. The quantitative estimate of drug-likeness (QED) is 0.874. The zero-order chi connectivity index (χ0) is 13.0. The van der Waals surface area contributed by atoms with Gasteiger partial charge in [-0.25, -0.2) is 9.78 Å². The van der Waals surface area contributed by atoms with Crippen LogP contribution < -0.4 is 4.90 Å². The minimum absolute atomic E-state index is 0.333. The molecule has 0 spiro atoms. The van der Waals surface area contributed by atoms with Gasteiger partial charge in [0.1, 0.15) is 5.82 Å². The molecule has 1 saturated heterocycles. The van der Waals surface area contributed by atoms with Crippen LogP contribution in [0.5, 0.6) is 0 Å². The predicted octanol–water partition coefficient (Wildman–Crippen LogP) is 2.86. The fourth-order valence-corrected chi connectivity index (χ4v) is 2.41. The molecule has 1 aliphatic heterocycles. The predicted molar refractivity (Wildman–Crippen MR) is 71.2 cm³/mol. The summed E-state index contributed by atoms with van der Waals surface area (Å²) in [6, 6.07) is 3.31. The highest BCUT2D eigenvalue weighted by atomic mass is 16.4. The summed E-state index contributed by atoms with van der Waals surface area (Å²) < 4.78 is 0. The first-order chi connectivity index (χ1) is 8.66. The lowest BCUT2D eigenvalue weighted by Gasteiger charge is -2.26. The van der Waals surface area contributed by atoms with Crippen LogP contribution in [0.3, 0.4) is 0 Å². The third kappa shape index (κ3) is 3.22. The van der Waals surface area contributed by atoms with Crippen molar-refractivity contribution in [2.75, 3.05) is 18.0 Å². The number of hydrogen-bond acceptors (Lipinski definition) is 3. The Labute approximate surface area is 108 Å². The second-order valence-corrected chi connectivity index (χ2v) is 4.92. The van der Waals surface area contributed by atoms with Gasteiger partial charge in [-0.3, -0.25) is 0 Å². The van der Waals surface area contributed by atoms with Crippen LogP contribution in [0, 0.1) is 6.92 Å². The van der Waals surface area contributed by atoms with Crippen molar-refractivity contribution in [3.05, 3.63) is 23.4 Å². The molecule has 98 valence electrons. The van der Waals surface area contributed by atoms with E-state index in [1.807, 2.05) is 6.92 Å². The first-order valence-corrected chi connectivity index (χ1v) is 6.64. The topological polar surface area (TPSA) is 53.4 Å². The van der Waals surface area contributed by atoms with Gasteiger partial charge in [-0.05, 0) is 31.9 Å². The van der Waals surface area contributed by atoms with E-state index in [-0.39, 0.29) is 0 Å². The molecule has 1 aromatic rings. The maximum absolute atomic E-state index is 11.1. The van der Waals surface area contributed by atoms with Gasteiger partial charge in [0.15, 0.2) is 0 Å². The highest BCUT2D eigenvalue weighted by Crippen LogP contribution is 2.19. The second-order valence-electron chi connectivity index (χ2n) is 4.92. The van der Waals surface area contributed by atoms with Crippen molar-refractivity contribution in [2.24, 2.45) is 0 Å². The van der Waals surface area contributed by atoms with E-state index in [4.69, 9.17) is 5.11 Å². The molecule has 2 rings (SSSR count). The molecule has 1 fully saturated rings. The maximum atomic E-state index is 11.1. The minimum atomic E-state index is -0.881. The van der Waals surface area contributed by atoms with Crippen molar-refractivity contribution in [3.63, 3.8) is 0 Å². The number of rotatable bonds is 2. The van der Waals surface area contributed by atoms with Crippen LogP contribution in [0.4, 0.5) is 5.82 Å². The molecule has 4 heteroatoms. The largest absolute Gasteiger partial charge is 0.478 e. The number of nitrogens with zero attached hydrogens (tertiary/aromatic N) is 2. The first kappa shape index (κ1) is 12.9. The Morgan fingerprint density at radius 2 is 1.78 bits per heavy atom. The summed E-state index contributed by atoms with van der Waals surface area (Å²) >= 11 is 0. The van der Waals surface area contributed by atoms with Gasteiger partial charge in [0, 0.05) is 18.8 Å². The van der Waals surface area contributed by atoms with Gasteiger partial charge in [-0.2, -0.15) is 0 Å². The summed E-state index contributed by atoms with van der Waals surface area (Å²) in [5, 5.41) is 9.09. The summed E-state index contributed by atoms with van der Waals surface area (Å²) in [6.45, 7) is 3.81. The van der Waals surface area contributed by atoms with Gasteiger partial charge in [0.05, 0.1) is 5.56 Å². The number of carbonyl (C=O) groups is 1. The molecule has 4 nitrogen and oxygen atoms in total. The van der Waals surface area contributed by atoms with E-state index in [2.05, 4.69) is 9.88 Å². The molecule has 2 heterocycles. The maximum Gasteiger partial charge on any atom is 0.335 e. The van der Waals surface area contributed by atoms with Crippen LogP contribution in [-0.4, -0.2) is 29.1 Å². The molecule has 1 aliphatic rings. The van der Waals surface area contributed by atoms with Gasteiger partial charge in [-0.15, -0.1) is 0 Å². The van der Waals surface area contributed by atoms with Gasteiger partial charge < -0.3 is 10.0 Å². The van der Waals surface area contributed by atoms with E-state index in [0.29, 0.717) is 5.56 Å². The monoisotopic (exact) mass is 248 g/mol.